The maximum atomic E-state index is 12.6. The van der Waals surface area contributed by atoms with E-state index in [9.17, 15) is 9.59 Å². The number of carbonyl (C=O) groups is 1. The molecule has 3 aromatic heterocycles. The third-order valence-electron chi connectivity index (χ3n) is 4.27. The van der Waals surface area contributed by atoms with Gasteiger partial charge in [-0.1, -0.05) is 25.4 Å². The van der Waals surface area contributed by atoms with Gasteiger partial charge in [-0.2, -0.15) is 0 Å². The fourth-order valence-corrected chi connectivity index (χ4v) is 3.83. The van der Waals surface area contributed by atoms with Gasteiger partial charge in [0, 0.05) is 17.4 Å². The molecule has 0 saturated heterocycles. The number of nitrogens with zero attached hydrogens (tertiary/aromatic N) is 1. The predicted molar refractivity (Wildman–Crippen MR) is 110 cm³/mol. The largest absolute Gasteiger partial charge is 0.495 e. The lowest BCUT2D eigenvalue weighted by atomic mass is 10.2. The second kappa shape index (κ2) is 6.96. The standard InChI is InChI=1S/C19H16ClN3O4S/c1-8(2)18(25)23-19-22-10(7-28-19)9-6-11(24)17-16(21-9)14-12(27-17)4-5-13(26-3)15(14)20/h4-8H,1-3H3,(H,21,24)(H,22,23,25). The Morgan fingerprint density at radius 2 is 2.18 bits per heavy atom. The minimum Gasteiger partial charge on any atom is -0.495 e. The number of furan rings is 1. The van der Waals surface area contributed by atoms with Crippen molar-refractivity contribution < 1.29 is 13.9 Å². The molecule has 0 aliphatic carbocycles. The SMILES string of the molecule is COc1ccc2oc3c(=O)cc(-c4csc(NC(=O)C(C)C)n4)[nH]c3c2c1Cl. The highest BCUT2D eigenvalue weighted by atomic mass is 35.5. The van der Waals surface area contributed by atoms with Gasteiger partial charge in [-0.25, -0.2) is 4.98 Å². The molecule has 3 heterocycles. The Morgan fingerprint density at radius 1 is 1.39 bits per heavy atom. The van der Waals surface area contributed by atoms with Crippen molar-refractivity contribution in [3.63, 3.8) is 0 Å². The molecule has 4 rings (SSSR count). The van der Waals surface area contributed by atoms with Gasteiger partial charge in [0.05, 0.1) is 34.4 Å². The number of aromatic amines is 1. The Balaban J connectivity index is 1.85. The summed E-state index contributed by atoms with van der Waals surface area (Å²) in [6.07, 6.45) is 0. The number of aromatic nitrogens is 2. The van der Waals surface area contributed by atoms with Crippen LogP contribution in [-0.4, -0.2) is 23.0 Å². The third-order valence-corrected chi connectivity index (χ3v) is 5.40. The minimum atomic E-state index is -0.296. The lowest BCUT2D eigenvalue weighted by Gasteiger charge is -2.04. The van der Waals surface area contributed by atoms with Gasteiger partial charge in [0.25, 0.3) is 0 Å². The quantitative estimate of drug-likeness (QED) is 0.503. The molecular formula is C19H16ClN3O4S. The maximum Gasteiger partial charge on any atom is 0.228 e. The lowest BCUT2D eigenvalue weighted by Crippen LogP contribution is -2.17. The minimum absolute atomic E-state index is 0.121. The van der Waals surface area contributed by atoms with Gasteiger partial charge in [-0.05, 0) is 12.1 Å². The zero-order chi connectivity index (χ0) is 20.0. The molecule has 0 bridgehead atoms. The van der Waals surface area contributed by atoms with Crippen LogP contribution in [0.4, 0.5) is 5.13 Å². The molecule has 2 N–H and O–H groups in total. The molecule has 28 heavy (non-hydrogen) atoms. The topological polar surface area (TPSA) is 97.2 Å². The Labute approximate surface area is 168 Å². The Hall–Kier alpha value is -2.84. The lowest BCUT2D eigenvalue weighted by molar-refractivity contribution is -0.118. The van der Waals surface area contributed by atoms with E-state index in [1.807, 2.05) is 0 Å². The number of methoxy groups -OCH3 is 1. The highest BCUT2D eigenvalue weighted by Gasteiger charge is 2.19. The third kappa shape index (κ3) is 3.04. The van der Waals surface area contributed by atoms with Crippen LogP contribution in [0.25, 0.3) is 33.5 Å². The van der Waals surface area contributed by atoms with Gasteiger partial charge in [-0.3, -0.25) is 9.59 Å². The summed E-state index contributed by atoms with van der Waals surface area (Å²) in [5.74, 6) is 0.206. The number of rotatable bonds is 4. The number of thiazole rings is 1. The number of amides is 1. The second-order valence-corrected chi connectivity index (χ2v) is 7.73. The predicted octanol–water partition coefficient (Wildman–Crippen LogP) is 4.65. The summed E-state index contributed by atoms with van der Waals surface area (Å²) in [7, 11) is 1.52. The monoisotopic (exact) mass is 417 g/mol. The number of anilines is 1. The fraction of sp³-hybridized carbons (Fsp3) is 0.211. The summed E-state index contributed by atoms with van der Waals surface area (Å²) in [5, 5.41) is 5.90. The number of hydrogen-bond donors (Lipinski definition) is 2. The maximum absolute atomic E-state index is 12.6. The van der Waals surface area contributed by atoms with Gasteiger partial charge in [-0.15, -0.1) is 11.3 Å². The first-order valence-corrected chi connectivity index (χ1v) is 9.73. The molecule has 0 saturated carbocycles. The second-order valence-electron chi connectivity index (χ2n) is 6.49. The van der Waals surface area contributed by atoms with Crippen LogP contribution < -0.4 is 15.5 Å². The first-order chi connectivity index (χ1) is 13.4. The molecule has 1 aromatic carbocycles. The summed E-state index contributed by atoms with van der Waals surface area (Å²) >= 11 is 7.72. The van der Waals surface area contributed by atoms with Gasteiger partial charge in [0.2, 0.25) is 11.3 Å². The molecule has 4 aromatic rings. The molecule has 0 unspecified atom stereocenters. The van der Waals surface area contributed by atoms with Crippen molar-refractivity contribution in [2.75, 3.05) is 12.4 Å². The zero-order valence-corrected chi connectivity index (χ0v) is 16.8. The van der Waals surface area contributed by atoms with E-state index in [0.29, 0.717) is 43.8 Å². The van der Waals surface area contributed by atoms with Crippen LogP contribution in [0.15, 0.2) is 32.8 Å². The average molecular weight is 418 g/mol. The highest BCUT2D eigenvalue weighted by molar-refractivity contribution is 7.14. The van der Waals surface area contributed by atoms with Crippen LogP contribution in [0.3, 0.4) is 0 Å². The number of ether oxygens (including phenoxy) is 1. The van der Waals surface area contributed by atoms with Crippen molar-refractivity contribution in [2.45, 2.75) is 13.8 Å². The number of H-pyrrole nitrogens is 1. The van der Waals surface area contributed by atoms with Gasteiger partial charge in [0.15, 0.2) is 10.7 Å². The molecule has 0 radical (unpaired) electrons. The smallest absolute Gasteiger partial charge is 0.228 e. The van der Waals surface area contributed by atoms with Crippen molar-refractivity contribution in [2.24, 2.45) is 5.92 Å². The molecule has 9 heteroatoms. The van der Waals surface area contributed by atoms with Crippen LogP contribution in [0, 0.1) is 5.92 Å². The Morgan fingerprint density at radius 3 is 2.89 bits per heavy atom. The number of carbonyl (C=O) groups excluding carboxylic acids is 1. The molecule has 0 fully saturated rings. The van der Waals surface area contributed by atoms with Crippen LogP contribution in [-0.2, 0) is 4.79 Å². The van der Waals surface area contributed by atoms with E-state index in [1.165, 1.54) is 24.5 Å². The number of fused-ring (bicyclic) bond motifs is 3. The van der Waals surface area contributed by atoms with E-state index in [1.54, 1.807) is 31.4 Å². The molecular weight excluding hydrogens is 402 g/mol. The summed E-state index contributed by atoms with van der Waals surface area (Å²) < 4.78 is 10.9. The van der Waals surface area contributed by atoms with Crippen molar-refractivity contribution in [3.05, 3.63) is 38.8 Å². The number of nitrogens with one attached hydrogen (secondary N) is 2. The van der Waals surface area contributed by atoms with E-state index < -0.39 is 0 Å². The van der Waals surface area contributed by atoms with E-state index >= 15 is 0 Å². The summed E-state index contributed by atoms with van der Waals surface area (Å²) in [4.78, 5) is 32.0. The number of benzene rings is 1. The van der Waals surface area contributed by atoms with Crippen LogP contribution in [0.1, 0.15) is 13.8 Å². The molecule has 0 atom stereocenters. The van der Waals surface area contributed by atoms with E-state index in [0.717, 1.165) is 0 Å². The number of halogens is 1. The van der Waals surface area contributed by atoms with E-state index in [4.69, 9.17) is 20.8 Å². The first-order valence-electron chi connectivity index (χ1n) is 8.47. The van der Waals surface area contributed by atoms with E-state index in [2.05, 4.69) is 15.3 Å². The number of hydrogen-bond acceptors (Lipinski definition) is 6. The zero-order valence-electron chi connectivity index (χ0n) is 15.3. The average Bonchev–Trinajstić information content (AvgIpc) is 3.27. The van der Waals surface area contributed by atoms with Gasteiger partial charge in [0.1, 0.15) is 11.3 Å². The van der Waals surface area contributed by atoms with Crippen molar-refractivity contribution in [1.29, 1.82) is 0 Å². The highest BCUT2D eigenvalue weighted by Crippen LogP contribution is 2.38. The Bertz CT molecular complexity index is 1270. The van der Waals surface area contributed by atoms with Crippen LogP contribution in [0.5, 0.6) is 5.75 Å². The van der Waals surface area contributed by atoms with Gasteiger partial charge < -0.3 is 19.5 Å². The van der Waals surface area contributed by atoms with E-state index in [-0.39, 0.29) is 22.8 Å². The summed E-state index contributed by atoms with van der Waals surface area (Å²) in [6, 6.07) is 4.80. The van der Waals surface area contributed by atoms with Crippen molar-refractivity contribution in [3.8, 4) is 17.1 Å². The summed E-state index contributed by atoms with van der Waals surface area (Å²) in [5.41, 5.74) is 1.88. The summed E-state index contributed by atoms with van der Waals surface area (Å²) in [6.45, 7) is 3.61. The molecule has 0 aliphatic heterocycles. The first kappa shape index (κ1) is 18.5. The molecule has 7 nitrogen and oxygen atoms in total. The van der Waals surface area contributed by atoms with Crippen LogP contribution in [0.2, 0.25) is 5.02 Å². The molecule has 1 amide bonds. The van der Waals surface area contributed by atoms with Crippen LogP contribution >= 0.6 is 22.9 Å². The van der Waals surface area contributed by atoms with Crippen molar-refractivity contribution in [1.82, 2.24) is 9.97 Å². The molecule has 144 valence electrons. The number of pyridine rings is 1. The molecule has 0 spiro atoms. The van der Waals surface area contributed by atoms with Gasteiger partial charge >= 0.3 is 0 Å². The normalized spacial score (nSPS) is 11.5. The van der Waals surface area contributed by atoms with Crippen molar-refractivity contribution >= 4 is 56.0 Å². The fourth-order valence-electron chi connectivity index (χ4n) is 2.79. The molecule has 0 aliphatic rings. The Kier molecular flexibility index (Phi) is 4.60.